The first-order valence-electron chi connectivity index (χ1n) is 6.78. The number of aliphatic hydroxyl groups excluding tert-OH is 1. The molecular weight excluding hydrogens is 244 g/mol. The summed E-state index contributed by atoms with van der Waals surface area (Å²) in [7, 11) is 1.61. The Bertz CT molecular complexity index is 374. The first kappa shape index (κ1) is 15.8. The molecule has 0 aliphatic heterocycles. The van der Waals surface area contributed by atoms with E-state index in [9.17, 15) is 5.11 Å². The lowest BCUT2D eigenvalue weighted by atomic mass is 10.0. The second-order valence-electron chi connectivity index (χ2n) is 4.20. The number of hydrogen-bond acceptors (Lipinski definition) is 4. The van der Waals surface area contributed by atoms with Crippen molar-refractivity contribution in [1.82, 2.24) is 0 Å². The maximum Gasteiger partial charge on any atom is 0.161 e. The van der Waals surface area contributed by atoms with Crippen molar-refractivity contribution in [1.29, 1.82) is 0 Å². The predicted molar refractivity (Wildman–Crippen MR) is 74.8 cm³/mol. The van der Waals surface area contributed by atoms with Crippen LogP contribution in [0.15, 0.2) is 18.2 Å². The molecule has 0 saturated heterocycles. The van der Waals surface area contributed by atoms with Crippen LogP contribution in [-0.4, -0.2) is 31.5 Å². The highest BCUT2D eigenvalue weighted by atomic mass is 16.5. The third-order valence-electron chi connectivity index (χ3n) is 2.97. The van der Waals surface area contributed by atoms with Crippen molar-refractivity contribution in [2.45, 2.75) is 39.4 Å². The van der Waals surface area contributed by atoms with Gasteiger partial charge in [0, 0.05) is 7.11 Å². The minimum atomic E-state index is -0.662. The molecule has 0 saturated carbocycles. The molecule has 4 heteroatoms. The van der Waals surface area contributed by atoms with E-state index >= 15 is 0 Å². The van der Waals surface area contributed by atoms with Gasteiger partial charge >= 0.3 is 0 Å². The molecule has 2 atom stereocenters. The van der Waals surface area contributed by atoms with Gasteiger partial charge in [0.25, 0.3) is 0 Å². The van der Waals surface area contributed by atoms with Gasteiger partial charge < -0.3 is 19.3 Å². The van der Waals surface area contributed by atoms with E-state index in [-0.39, 0.29) is 6.10 Å². The molecule has 0 amide bonds. The largest absolute Gasteiger partial charge is 0.490 e. The fraction of sp³-hybridized carbons (Fsp3) is 0.600. The molecule has 0 fully saturated rings. The summed E-state index contributed by atoms with van der Waals surface area (Å²) < 4.78 is 16.3. The van der Waals surface area contributed by atoms with Gasteiger partial charge in [-0.3, -0.25) is 0 Å². The molecule has 1 aromatic carbocycles. The summed E-state index contributed by atoms with van der Waals surface area (Å²) in [5.41, 5.74) is 0.778. The molecule has 1 aromatic rings. The molecular formula is C15H24O4. The summed E-state index contributed by atoms with van der Waals surface area (Å²) in [5, 5.41) is 10.3. The third kappa shape index (κ3) is 4.11. The van der Waals surface area contributed by atoms with Crippen molar-refractivity contribution in [2.75, 3.05) is 20.3 Å². The van der Waals surface area contributed by atoms with Gasteiger partial charge in [-0.15, -0.1) is 0 Å². The Balaban J connectivity index is 2.99. The lowest BCUT2D eigenvalue weighted by Gasteiger charge is -2.21. The Morgan fingerprint density at radius 1 is 1.05 bits per heavy atom. The second kappa shape index (κ2) is 8.02. The second-order valence-corrected chi connectivity index (χ2v) is 4.20. The number of ether oxygens (including phenoxy) is 3. The Morgan fingerprint density at radius 2 is 1.68 bits per heavy atom. The fourth-order valence-electron chi connectivity index (χ4n) is 1.99. The number of aliphatic hydroxyl groups is 1. The normalized spacial score (nSPS) is 13.9. The summed E-state index contributed by atoms with van der Waals surface area (Å²) in [5.74, 6) is 1.36. The zero-order chi connectivity index (χ0) is 14.3. The quantitative estimate of drug-likeness (QED) is 0.787. The predicted octanol–water partition coefficient (Wildman–Crippen LogP) is 2.94. The highest BCUT2D eigenvalue weighted by Gasteiger charge is 2.20. The molecule has 0 aliphatic rings. The highest BCUT2D eigenvalue weighted by molar-refractivity contribution is 5.43. The minimum absolute atomic E-state index is 0.215. The summed E-state index contributed by atoms with van der Waals surface area (Å²) >= 11 is 0. The zero-order valence-corrected chi connectivity index (χ0v) is 12.2. The van der Waals surface area contributed by atoms with Gasteiger partial charge in [0.15, 0.2) is 11.5 Å². The van der Waals surface area contributed by atoms with Gasteiger partial charge in [-0.1, -0.05) is 13.0 Å². The van der Waals surface area contributed by atoms with Gasteiger partial charge in [-0.2, -0.15) is 0 Å². The lowest BCUT2D eigenvalue weighted by Crippen LogP contribution is -2.19. The van der Waals surface area contributed by atoms with Gasteiger partial charge in [0.05, 0.1) is 19.3 Å². The fourth-order valence-corrected chi connectivity index (χ4v) is 1.99. The van der Waals surface area contributed by atoms with Crippen LogP contribution in [0.25, 0.3) is 0 Å². The first-order chi connectivity index (χ1) is 9.17. The molecule has 1 N–H and O–H groups in total. The van der Waals surface area contributed by atoms with Crippen molar-refractivity contribution in [3.8, 4) is 11.5 Å². The topological polar surface area (TPSA) is 47.9 Å². The average Bonchev–Trinajstić information content (AvgIpc) is 2.42. The number of rotatable bonds is 8. The van der Waals surface area contributed by atoms with Gasteiger partial charge in [-0.25, -0.2) is 0 Å². The first-order valence-corrected chi connectivity index (χ1v) is 6.78. The van der Waals surface area contributed by atoms with Crippen LogP contribution >= 0.6 is 0 Å². The summed E-state index contributed by atoms with van der Waals surface area (Å²) in [6.07, 6.45) is -0.133. The summed E-state index contributed by atoms with van der Waals surface area (Å²) in [6.45, 7) is 6.97. The molecule has 108 valence electrons. The number of benzene rings is 1. The molecule has 0 spiro atoms. The van der Waals surface area contributed by atoms with E-state index < -0.39 is 6.10 Å². The summed E-state index contributed by atoms with van der Waals surface area (Å²) in [6, 6.07) is 5.50. The average molecular weight is 268 g/mol. The van der Waals surface area contributed by atoms with Crippen molar-refractivity contribution >= 4 is 0 Å². The van der Waals surface area contributed by atoms with Crippen LogP contribution < -0.4 is 9.47 Å². The molecule has 19 heavy (non-hydrogen) atoms. The van der Waals surface area contributed by atoms with Crippen LogP contribution in [0.4, 0.5) is 0 Å². The molecule has 0 aromatic heterocycles. The maximum atomic E-state index is 10.3. The lowest BCUT2D eigenvalue weighted by molar-refractivity contribution is -0.0149. The Kier molecular flexibility index (Phi) is 6.67. The highest BCUT2D eigenvalue weighted by Crippen LogP contribution is 2.32. The van der Waals surface area contributed by atoms with E-state index in [0.29, 0.717) is 24.7 Å². The molecule has 1 rings (SSSR count). The number of hydrogen-bond donors (Lipinski definition) is 1. The Morgan fingerprint density at radius 3 is 2.21 bits per heavy atom. The van der Waals surface area contributed by atoms with Gasteiger partial charge in [0.1, 0.15) is 6.10 Å². The van der Waals surface area contributed by atoms with Gasteiger partial charge in [0.2, 0.25) is 0 Å². The SMILES string of the molecule is CCOc1ccc(C(O)C(CC)OC)cc1OCC. The molecule has 4 nitrogen and oxygen atoms in total. The number of methoxy groups -OCH3 is 1. The van der Waals surface area contributed by atoms with E-state index in [4.69, 9.17) is 14.2 Å². The van der Waals surface area contributed by atoms with Gasteiger partial charge in [-0.05, 0) is 38.0 Å². The van der Waals surface area contributed by atoms with E-state index in [1.165, 1.54) is 0 Å². The van der Waals surface area contributed by atoms with E-state index in [0.717, 1.165) is 12.0 Å². The van der Waals surface area contributed by atoms with Crippen LogP contribution in [0, 0.1) is 0 Å². The summed E-state index contributed by atoms with van der Waals surface area (Å²) in [4.78, 5) is 0. The van der Waals surface area contributed by atoms with Crippen molar-refractivity contribution in [3.63, 3.8) is 0 Å². The molecule has 0 radical (unpaired) electrons. The van der Waals surface area contributed by atoms with Crippen LogP contribution in [-0.2, 0) is 4.74 Å². The Hall–Kier alpha value is -1.26. The van der Waals surface area contributed by atoms with Crippen LogP contribution in [0.1, 0.15) is 38.9 Å². The standard InChI is InChI=1S/C15H24O4/c1-5-12(17-4)15(16)11-8-9-13(18-6-2)14(10-11)19-7-3/h8-10,12,15-16H,5-7H2,1-4H3. The zero-order valence-electron chi connectivity index (χ0n) is 12.2. The molecule has 0 heterocycles. The van der Waals surface area contributed by atoms with Crippen LogP contribution in [0.5, 0.6) is 11.5 Å². The van der Waals surface area contributed by atoms with E-state index in [1.807, 2.05) is 39.0 Å². The Labute approximate surface area is 115 Å². The third-order valence-corrected chi connectivity index (χ3v) is 2.97. The van der Waals surface area contributed by atoms with E-state index in [1.54, 1.807) is 7.11 Å². The van der Waals surface area contributed by atoms with Crippen LogP contribution in [0.3, 0.4) is 0 Å². The van der Waals surface area contributed by atoms with Crippen molar-refractivity contribution < 1.29 is 19.3 Å². The maximum absolute atomic E-state index is 10.3. The van der Waals surface area contributed by atoms with Crippen molar-refractivity contribution in [2.24, 2.45) is 0 Å². The monoisotopic (exact) mass is 268 g/mol. The van der Waals surface area contributed by atoms with Crippen molar-refractivity contribution in [3.05, 3.63) is 23.8 Å². The smallest absolute Gasteiger partial charge is 0.161 e. The minimum Gasteiger partial charge on any atom is -0.490 e. The molecule has 2 unspecified atom stereocenters. The van der Waals surface area contributed by atoms with E-state index in [2.05, 4.69) is 0 Å². The van der Waals surface area contributed by atoms with Crippen LogP contribution in [0.2, 0.25) is 0 Å². The molecule has 0 aliphatic carbocycles. The molecule has 0 bridgehead atoms.